The Balaban J connectivity index is 1.88. The number of aliphatic carboxylic acids is 1. The van der Waals surface area contributed by atoms with Crippen LogP contribution in [0.3, 0.4) is 0 Å². The van der Waals surface area contributed by atoms with Crippen molar-refractivity contribution in [2.45, 2.75) is 44.5 Å². The van der Waals surface area contributed by atoms with Gasteiger partial charge < -0.3 is 21.0 Å². The van der Waals surface area contributed by atoms with Crippen molar-refractivity contribution >= 4 is 50.3 Å². The molecule has 2 aromatic rings. The van der Waals surface area contributed by atoms with Crippen LogP contribution in [-0.2, 0) is 42.5 Å². The van der Waals surface area contributed by atoms with Crippen LogP contribution in [0.1, 0.15) is 25.2 Å². The summed E-state index contributed by atoms with van der Waals surface area (Å²) < 4.78 is 33.1. The van der Waals surface area contributed by atoms with Gasteiger partial charge in [0.2, 0.25) is 5.60 Å². The number of nitriles is 1. The largest absolute Gasteiger partial charge is 0.478 e. The number of hydrogen-bond acceptors (Lipinski definition) is 13. The van der Waals surface area contributed by atoms with Gasteiger partial charge in [0.25, 0.3) is 11.8 Å². The van der Waals surface area contributed by atoms with Crippen LogP contribution in [0.4, 0.5) is 5.13 Å². The van der Waals surface area contributed by atoms with E-state index in [9.17, 15) is 32.5 Å². The zero-order valence-corrected chi connectivity index (χ0v) is 20.2. The number of nitrogens with one attached hydrogen (secondary N) is 1. The summed E-state index contributed by atoms with van der Waals surface area (Å²) in [6.45, 7) is 1.98. The number of hydrogen-bond donors (Lipinski definition) is 4. The van der Waals surface area contributed by atoms with E-state index >= 15 is 0 Å². The van der Waals surface area contributed by atoms with E-state index in [2.05, 4.69) is 25.7 Å². The number of carbonyl (C=O) groups is 3. The van der Waals surface area contributed by atoms with Crippen molar-refractivity contribution in [1.29, 1.82) is 5.26 Å². The third-order valence-corrected chi connectivity index (χ3v) is 6.38. The van der Waals surface area contributed by atoms with Gasteiger partial charge in [-0.15, -0.1) is 11.3 Å². The standard InChI is InChI=1S/C17H19N9O8S2/c1-17(2,15(29)30)34-24-11(9-7-35-16(19)21-9)13(27)22-12-10(26(14(12)28)36(31,32)33)6-25-20-5-8(23-25)3-4-18/h5,7,10,12H,3,6H2,1-2H3,(H2,19,21)(H,22,27)(H,29,30)(H,31,32,33)/b24-11-/t10-,12+/m1/s1. The summed E-state index contributed by atoms with van der Waals surface area (Å²) in [6, 6.07) is -0.974. The number of β-lactam (4-membered cyclic amide) rings is 1. The summed E-state index contributed by atoms with van der Waals surface area (Å²) in [4.78, 5) is 46.8. The lowest BCUT2D eigenvalue weighted by Gasteiger charge is -2.43. The highest BCUT2D eigenvalue weighted by Crippen LogP contribution is 2.25. The average molecular weight is 542 g/mol. The second-order valence-corrected chi connectivity index (χ2v) is 9.95. The van der Waals surface area contributed by atoms with Gasteiger partial charge in [-0.25, -0.2) is 14.1 Å². The number of thiazole rings is 1. The van der Waals surface area contributed by atoms with Crippen LogP contribution in [0.25, 0.3) is 0 Å². The van der Waals surface area contributed by atoms with Crippen molar-refractivity contribution in [1.82, 2.24) is 29.6 Å². The molecule has 36 heavy (non-hydrogen) atoms. The Kier molecular flexibility index (Phi) is 7.23. The quantitative estimate of drug-likeness (QED) is 0.112. The van der Waals surface area contributed by atoms with Gasteiger partial charge in [0.1, 0.15) is 17.8 Å². The number of carboxylic acids is 1. The molecular weight excluding hydrogens is 522 g/mol. The Labute approximate surface area is 207 Å². The number of anilines is 1. The van der Waals surface area contributed by atoms with E-state index in [0.717, 1.165) is 16.1 Å². The van der Waals surface area contributed by atoms with Crippen LogP contribution >= 0.6 is 11.3 Å². The van der Waals surface area contributed by atoms with E-state index in [0.29, 0.717) is 0 Å². The van der Waals surface area contributed by atoms with Gasteiger partial charge in [0.15, 0.2) is 10.8 Å². The smallest absolute Gasteiger partial charge is 0.362 e. The van der Waals surface area contributed by atoms with Crippen molar-refractivity contribution in [3.05, 3.63) is 23.0 Å². The molecule has 3 heterocycles. The molecule has 1 fully saturated rings. The molecule has 1 aliphatic rings. The molecule has 1 aliphatic heterocycles. The molecule has 0 saturated carbocycles. The number of amides is 2. The first kappa shape index (κ1) is 26.5. The predicted molar refractivity (Wildman–Crippen MR) is 119 cm³/mol. The maximum absolute atomic E-state index is 13.0. The topological polar surface area (TPSA) is 256 Å². The van der Waals surface area contributed by atoms with E-state index in [1.54, 1.807) is 0 Å². The first-order valence-electron chi connectivity index (χ1n) is 9.83. The molecule has 0 aromatic carbocycles. The molecule has 3 rings (SSSR count). The summed E-state index contributed by atoms with van der Waals surface area (Å²) >= 11 is 0.945. The zero-order valence-electron chi connectivity index (χ0n) is 18.6. The van der Waals surface area contributed by atoms with E-state index in [1.807, 2.05) is 6.07 Å². The summed E-state index contributed by atoms with van der Waals surface area (Å²) in [5.41, 5.74) is 3.40. The minimum Gasteiger partial charge on any atom is -0.478 e. The van der Waals surface area contributed by atoms with Crippen LogP contribution in [0.5, 0.6) is 0 Å². The Hall–Kier alpha value is -4.15. The molecule has 0 spiro atoms. The van der Waals surface area contributed by atoms with Crippen molar-refractivity contribution in [2.75, 3.05) is 5.73 Å². The summed E-state index contributed by atoms with van der Waals surface area (Å²) in [7, 11) is -5.00. The van der Waals surface area contributed by atoms with Gasteiger partial charge in [-0.1, -0.05) is 5.16 Å². The van der Waals surface area contributed by atoms with Gasteiger partial charge in [-0.2, -0.15) is 28.7 Å². The second kappa shape index (κ2) is 9.84. The summed E-state index contributed by atoms with van der Waals surface area (Å²) in [5, 5.41) is 33.1. The molecule has 5 N–H and O–H groups in total. The number of nitrogens with zero attached hydrogens (tertiary/aromatic N) is 7. The highest BCUT2D eigenvalue weighted by molar-refractivity contribution is 7.84. The minimum atomic E-state index is -5.00. The Morgan fingerprint density at radius 1 is 1.44 bits per heavy atom. The molecule has 2 amide bonds. The molecule has 0 bridgehead atoms. The lowest BCUT2D eigenvalue weighted by Crippen LogP contribution is -2.73. The number of rotatable bonds is 10. The molecule has 0 aliphatic carbocycles. The van der Waals surface area contributed by atoms with Gasteiger partial charge in [0.05, 0.1) is 30.9 Å². The number of nitrogens with two attached hydrogens (primary N) is 1. The highest BCUT2D eigenvalue weighted by Gasteiger charge is 2.54. The van der Waals surface area contributed by atoms with E-state index < -0.39 is 51.5 Å². The first-order chi connectivity index (χ1) is 16.7. The van der Waals surface area contributed by atoms with Crippen molar-refractivity contribution in [3.63, 3.8) is 0 Å². The van der Waals surface area contributed by atoms with Crippen molar-refractivity contribution < 1.29 is 37.3 Å². The average Bonchev–Trinajstić information content (AvgIpc) is 3.39. The van der Waals surface area contributed by atoms with Crippen LogP contribution in [0.15, 0.2) is 16.7 Å². The summed E-state index contributed by atoms with van der Waals surface area (Å²) in [6.07, 6.45) is 1.18. The number of nitrogen functional groups attached to an aromatic ring is 1. The van der Waals surface area contributed by atoms with Gasteiger partial charge in [0, 0.05) is 5.38 Å². The van der Waals surface area contributed by atoms with Gasteiger partial charge in [-0.05, 0) is 13.8 Å². The monoisotopic (exact) mass is 541 g/mol. The number of carboxylic acid groups (broad SMARTS) is 1. The fourth-order valence-corrected chi connectivity index (χ4v) is 4.32. The molecule has 17 nitrogen and oxygen atoms in total. The third-order valence-electron chi connectivity index (χ3n) is 4.76. The number of aromatic nitrogens is 4. The first-order valence-corrected chi connectivity index (χ1v) is 12.1. The van der Waals surface area contributed by atoms with Crippen molar-refractivity contribution in [2.24, 2.45) is 5.16 Å². The van der Waals surface area contributed by atoms with E-state index in [-0.39, 0.29) is 33.8 Å². The SMILES string of the molecule is CC(C)(O/N=C(\C(=O)N[C@@H]1C(=O)N(S(=O)(=O)O)[C@@H]1Cn1ncc(CC#N)n1)c1csc(N)n1)C(=O)O. The molecule has 2 atom stereocenters. The van der Waals surface area contributed by atoms with Gasteiger partial charge >= 0.3 is 16.3 Å². The fraction of sp³-hybridized carbons (Fsp3) is 0.412. The van der Waals surface area contributed by atoms with Crippen molar-refractivity contribution in [3.8, 4) is 6.07 Å². The molecule has 0 unspecified atom stereocenters. The molecule has 1 saturated heterocycles. The van der Waals surface area contributed by atoms with Crippen LogP contribution < -0.4 is 11.1 Å². The Bertz CT molecular complexity index is 1370. The fourth-order valence-electron chi connectivity index (χ4n) is 2.90. The van der Waals surface area contributed by atoms with E-state index in [1.165, 1.54) is 25.4 Å². The van der Waals surface area contributed by atoms with Crippen LogP contribution in [0, 0.1) is 11.3 Å². The predicted octanol–water partition coefficient (Wildman–Crippen LogP) is -1.83. The lowest BCUT2D eigenvalue weighted by molar-refractivity contribution is -0.161. The van der Waals surface area contributed by atoms with Gasteiger partial charge in [-0.3, -0.25) is 14.1 Å². The lowest BCUT2D eigenvalue weighted by atomic mass is 9.98. The third kappa shape index (κ3) is 5.56. The molecule has 19 heteroatoms. The Morgan fingerprint density at radius 2 is 2.14 bits per heavy atom. The second-order valence-electron chi connectivity index (χ2n) is 7.77. The molecule has 2 aromatic heterocycles. The molecular formula is C17H19N9O8S2. The number of carbonyl (C=O) groups excluding carboxylic acids is 2. The summed E-state index contributed by atoms with van der Waals surface area (Å²) in [5.74, 6) is -3.62. The highest BCUT2D eigenvalue weighted by atomic mass is 32.2. The maximum atomic E-state index is 13.0. The Morgan fingerprint density at radius 3 is 2.69 bits per heavy atom. The minimum absolute atomic E-state index is 0.0519. The zero-order chi connectivity index (χ0) is 26.8. The molecule has 0 radical (unpaired) electrons. The van der Waals surface area contributed by atoms with E-state index in [4.69, 9.17) is 15.8 Å². The normalized spacial score (nSPS) is 18.3. The van der Waals surface area contributed by atoms with Crippen LogP contribution in [0.2, 0.25) is 0 Å². The van der Waals surface area contributed by atoms with Crippen LogP contribution in [-0.4, -0.2) is 83.5 Å². The maximum Gasteiger partial charge on any atom is 0.362 e. The molecule has 192 valence electrons. The number of oxime groups is 1.